The monoisotopic (exact) mass is 779 g/mol. The zero-order chi connectivity index (χ0) is 38.1. The molecule has 0 amide bonds. The van der Waals surface area contributed by atoms with E-state index < -0.39 is 0 Å². The Kier molecular flexibility index (Phi) is 20.6. The van der Waals surface area contributed by atoms with Gasteiger partial charge in [0, 0.05) is 41.3 Å². The second-order valence-electron chi connectivity index (χ2n) is 10.7. The number of anilines is 1. The van der Waals surface area contributed by atoms with E-state index in [4.69, 9.17) is 79.4 Å². The minimum absolute atomic E-state index is 0.132. The van der Waals surface area contributed by atoms with Crippen LogP contribution in [0.15, 0.2) is 60.8 Å². The zero-order valence-corrected chi connectivity index (χ0v) is 31.2. The summed E-state index contributed by atoms with van der Waals surface area (Å²) in [7, 11) is 4.82. The molecule has 0 bridgehead atoms. The molecule has 0 saturated carbocycles. The molecule has 18 heteroatoms. The second kappa shape index (κ2) is 26.0. The number of nitrogens with one attached hydrogen (secondary N) is 1. The van der Waals surface area contributed by atoms with E-state index in [1.165, 1.54) is 0 Å². The van der Waals surface area contributed by atoms with Crippen LogP contribution in [0.2, 0.25) is 5.02 Å². The largest absolute Gasteiger partial charge is 0.497 e. The Labute approximate surface area is 318 Å². The van der Waals surface area contributed by atoms with E-state index in [1.54, 1.807) is 39.7 Å². The van der Waals surface area contributed by atoms with Crippen LogP contribution in [-0.4, -0.2) is 111 Å². The van der Waals surface area contributed by atoms with Crippen molar-refractivity contribution in [3.05, 3.63) is 71.4 Å². The van der Waals surface area contributed by atoms with Gasteiger partial charge in [0.05, 0.1) is 38.2 Å². The molecule has 0 saturated heterocycles. The average molecular weight is 780 g/mol. The van der Waals surface area contributed by atoms with Crippen LogP contribution in [0.5, 0.6) is 17.2 Å². The molecule has 0 aliphatic carbocycles. The number of nitrogens with zero attached hydrogens (tertiary/aromatic N) is 2. The smallest absolute Gasteiger partial charge is 0.127 e. The lowest BCUT2D eigenvalue weighted by atomic mass is 10.0. The number of aromatic nitrogens is 2. The van der Waals surface area contributed by atoms with Crippen LogP contribution >= 0.6 is 11.6 Å². The van der Waals surface area contributed by atoms with Gasteiger partial charge in [-0.1, -0.05) is 17.7 Å². The Balaban J connectivity index is 1.08. The van der Waals surface area contributed by atoms with E-state index in [0.717, 1.165) is 39.3 Å². The van der Waals surface area contributed by atoms with Gasteiger partial charge in [-0.3, -0.25) is 0 Å². The van der Waals surface area contributed by atoms with Gasteiger partial charge in [-0.25, -0.2) is 48.9 Å². The molecule has 17 nitrogen and oxygen atoms in total. The molecule has 0 radical (unpaired) electrons. The van der Waals surface area contributed by atoms with Gasteiger partial charge in [0.2, 0.25) is 0 Å². The lowest BCUT2D eigenvalue weighted by molar-refractivity contribution is -0.372. The highest BCUT2D eigenvalue weighted by atomic mass is 35.5. The summed E-state index contributed by atoms with van der Waals surface area (Å²) in [5.74, 6) is 2.06. The Bertz CT molecular complexity index is 1640. The molecule has 0 fully saturated rings. The molecule has 0 spiro atoms. The normalized spacial score (nSPS) is 11.3. The molecule has 54 heavy (non-hydrogen) atoms. The number of fused-ring (bicyclic) bond motifs is 1. The fraction of sp³-hybridized carbons (Fsp3) is 0.444. The number of methoxy groups -OCH3 is 3. The van der Waals surface area contributed by atoms with Gasteiger partial charge >= 0.3 is 0 Å². The van der Waals surface area contributed by atoms with Gasteiger partial charge in [-0.05, 0) is 48.0 Å². The van der Waals surface area contributed by atoms with Crippen molar-refractivity contribution in [3.63, 3.8) is 0 Å². The molecule has 3 aromatic carbocycles. The van der Waals surface area contributed by atoms with E-state index >= 15 is 0 Å². The zero-order valence-electron chi connectivity index (χ0n) is 30.5. The Morgan fingerprint density at radius 3 is 1.74 bits per heavy atom. The number of halogens is 1. The van der Waals surface area contributed by atoms with Crippen molar-refractivity contribution in [2.45, 2.75) is 6.54 Å². The van der Waals surface area contributed by atoms with Gasteiger partial charge in [0.15, 0.2) is 0 Å². The van der Waals surface area contributed by atoms with E-state index in [-0.39, 0.29) is 66.1 Å². The minimum Gasteiger partial charge on any atom is -0.497 e. The molecular formula is C36H46ClN3O14. The second-order valence-corrected chi connectivity index (χ2v) is 11.2. The van der Waals surface area contributed by atoms with E-state index in [2.05, 4.69) is 15.5 Å². The lowest BCUT2D eigenvalue weighted by Crippen LogP contribution is -2.13. The summed E-state index contributed by atoms with van der Waals surface area (Å²) in [5, 5.41) is 13.5. The van der Waals surface area contributed by atoms with Gasteiger partial charge < -0.3 is 24.3 Å². The van der Waals surface area contributed by atoms with Crippen LogP contribution in [0.4, 0.5) is 5.69 Å². The third-order valence-corrected chi connectivity index (χ3v) is 7.30. The summed E-state index contributed by atoms with van der Waals surface area (Å²) in [6, 6.07) is 17.0. The summed E-state index contributed by atoms with van der Waals surface area (Å²) in [6.07, 6.45) is 1.69. The van der Waals surface area contributed by atoms with Crippen LogP contribution < -0.4 is 19.5 Å². The van der Waals surface area contributed by atoms with Crippen molar-refractivity contribution in [2.24, 2.45) is 0 Å². The highest BCUT2D eigenvalue weighted by molar-refractivity contribution is 6.31. The molecule has 0 aliphatic rings. The summed E-state index contributed by atoms with van der Waals surface area (Å²) >= 11 is 6.37. The standard InChI is InChI=1S/C36H46ClN3O14/c1-41-10-12-45-47-14-16-49-51-18-20-53-54-21-19-52-50-17-15-48-46-13-11-44-35-9-6-29(37)23-32(35)27-5-8-31-33(22-27)40-39-26-34(31)38-25-28-4-7-30(42-2)24-36(28)43-3/h4-9,22-24,26H,10-21,25H2,1-3H3,(H,38,40). The van der Waals surface area contributed by atoms with E-state index in [0.29, 0.717) is 36.0 Å². The first kappa shape index (κ1) is 42.8. The van der Waals surface area contributed by atoms with Crippen molar-refractivity contribution in [2.75, 3.05) is 106 Å². The average Bonchev–Trinajstić information content (AvgIpc) is 3.20. The quantitative estimate of drug-likeness (QED) is 0.0409. The number of benzene rings is 3. The van der Waals surface area contributed by atoms with Crippen molar-refractivity contribution >= 4 is 28.2 Å². The SMILES string of the molecule is COCCOOCCOOCCOOCCOOCCOOCCOc1ccc(Cl)cc1-c1ccc2c(NCc3ccc(OC)cc3OC)cnnc2c1. The third kappa shape index (κ3) is 15.4. The van der Waals surface area contributed by atoms with Gasteiger partial charge in [-0.2, -0.15) is 10.2 Å². The molecule has 4 rings (SSSR count). The third-order valence-electron chi connectivity index (χ3n) is 7.07. The molecule has 296 valence electrons. The van der Waals surface area contributed by atoms with E-state index in [9.17, 15) is 0 Å². The first-order valence-corrected chi connectivity index (χ1v) is 17.3. The Morgan fingerprint density at radius 1 is 0.574 bits per heavy atom. The maximum Gasteiger partial charge on any atom is 0.127 e. The molecule has 4 aromatic rings. The summed E-state index contributed by atoms with van der Waals surface area (Å²) < 4.78 is 21.7. The first-order valence-electron chi connectivity index (χ1n) is 17.0. The molecule has 1 heterocycles. The predicted molar refractivity (Wildman–Crippen MR) is 194 cm³/mol. The highest BCUT2D eigenvalue weighted by Crippen LogP contribution is 2.35. The summed E-state index contributed by atoms with van der Waals surface area (Å²) in [5.41, 5.74) is 4.14. The molecule has 0 atom stereocenters. The van der Waals surface area contributed by atoms with Crippen molar-refractivity contribution in [3.8, 4) is 28.4 Å². The van der Waals surface area contributed by atoms with Crippen molar-refractivity contribution < 1.29 is 67.8 Å². The van der Waals surface area contributed by atoms with E-state index in [1.807, 2.05) is 42.5 Å². The fourth-order valence-corrected chi connectivity index (χ4v) is 4.75. The molecule has 1 N–H and O–H groups in total. The number of hydrogen-bond donors (Lipinski definition) is 1. The highest BCUT2D eigenvalue weighted by Gasteiger charge is 2.12. The number of hydrogen-bond acceptors (Lipinski definition) is 17. The molecule has 0 unspecified atom stereocenters. The maximum atomic E-state index is 6.37. The minimum atomic E-state index is 0.132. The lowest BCUT2D eigenvalue weighted by Gasteiger charge is -2.14. The van der Waals surface area contributed by atoms with Gasteiger partial charge in [0.1, 0.15) is 89.9 Å². The first-order chi connectivity index (χ1) is 26.6. The van der Waals surface area contributed by atoms with Crippen molar-refractivity contribution in [1.29, 1.82) is 0 Å². The maximum absolute atomic E-state index is 6.37. The summed E-state index contributed by atoms with van der Waals surface area (Å²) in [6.45, 7) is 2.94. The van der Waals surface area contributed by atoms with Crippen LogP contribution in [0.25, 0.3) is 22.0 Å². The number of ether oxygens (including phenoxy) is 4. The number of rotatable bonds is 30. The van der Waals surface area contributed by atoms with Gasteiger partial charge in [0.25, 0.3) is 0 Å². The Morgan fingerprint density at radius 2 is 1.17 bits per heavy atom. The molecule has 0 aliphatic heterocycles. The van der Waals surface area contributed by atoms with Crippen LogP contribution in [0.3, 0.4) is 0 Å². The van der Waals surface area contributed by atoms with Crippen LogP contribution in [-0.2, 0) is 60.2 Å². The predicted octanol–water partition coefficient (Wildman–Crippen LogP) is 5.35. The van der Waals surface area contributed by atoms with Gasteiger partial charge in [-0.15, -0.1) is 0 Å². The molecular weight excluding hydrogens is 734 g/mol. The fourth-order valence-electron chi connectivity index (χ4n) is 4.58. The molecule has 1 aromatic heterocycles. The Hall–Kier alpha value is -3.95. The topological polar surface area (TPSA) is 167 Å². The summed E-state index contributed by atoms with van der Waals surface area (Å²) in [4.78, 5) is 49.6. The van der Waals surface area contributed by atoms with Crippen LogP contribution in [0, 0.1) is 0 Å². The van der Waals surface area contributed by atoms with Crippen molar-refractivity contribution in [1.82, 2.24) is 10.2 Å². The van der Waals surface area contributed by atoms with Crippen LogP contribution in [0.1, 0.15) is 5.56 Å².